The fourth-order valence-corrected chi connectivity index (χ4v) is 5.48. The lowest BCUT2D eigenvalue weighted by Crippen LogP contribution is -2.39. The van der Waals surface area contributed by atoms with Gasteiger partial charge in [-0.25, -0.2) is 18.7 Å². The van der Waals surface area contributed by atoms with E-state index in [9.17, 15) is 9.18 Å². The van der Waals surface area contributed by atoms with Gasteiger partial charge in [-0.3, -0.25) is 4.79 Å². The number of imidazole rings is 1. The first-order valence-electron chi connectivity index (χ1n) is 11.6. The molecule has 3 N–H and O–H groups in total. The third kappa shape index (κ3) is 3.56. The van der Waals surface area contributed by atoms with Crippen LogP contribution in [0.15, 0.2) is 36.7 Å². The van der Waals surface area contributed by atoms with E-state index in [1.807, 2.05) is 4.90 Å². The first kappa shape index (κ1) is 22.0. The molecule has 0 radical (unpaired) electrons. The molecule has 2 aromatic heterocycles. The number of halogens is 3. The second-order valence-electron chi connectivity index (χ2n) is 9.21. The van der Waals surface area contributed by atoms with Crippen LogP contribution in [0.1, 0.15) is 43.1 Å². The maximum atomic E-state index is 15.2. The summed E-state index contributed by atoms with van der Waals surface area (Å²) in [7, 11) is 0. The Morgan fingerprint density at radius 1 is 1.11 bits per heavy atom. The van der Waals surface area contributed by atoms with E-state index in [0.29, 0.717) is 41.3 Å². The van der Waals surface area contributed by atoms with Crippen molar-refractivity contribution in [2.75, 3.05) is 23.7 Å². The molecule has 3 aliphatic heterocycles. The Kier molecular flexibility index (Phi) is 5.25. The minimum Gasteiger partial charge on any atom is -0.398 e. The highest BCUT2D eigenvalue weighted by atomic mass is 35.5. The van der Waals surface area contributed by atoms with E-state index in [4.69, 9.17) is 17.3 Å². The molecule has 2 unspecified atom stereocenters. The fraction of sp³-hybridized carbons (Fsp3) is 0.320. The molecule has 180 valence electrons. The van der Waals surface area contributed by atoms with Gasteiger partial charge in [-0.05, 0) is 49.5 Å². The van der Waals surface area contributed by atoms with Crippen LogP contribution in [-0.2, 0) is 4.79 Å². The molecule has 0 bridgehead atoms. The van der Waals surface area contributed by atoms with E-state index in [0.717, 1.165) is 25.9 Å². The van der Waals surface area contributed by atoms with Crippen molar-refractivity contribution in [1.29, 1.82) is 0 Å². The van der Waals surface area contributed by atoms with Crippen molar-refractivity contribution in [3.05, 3.63) is 64.7 Å². The summed E-state index contributed by atoms with van der Waals surface area (Å²) < 4.78 is 29.9. The Balaban J connectivity index is 1.28. The van der Waals surface area contributed by atoms with Crippen LogP contribution in [0.5, 0.6) is 0 Å². The second-order valence-corrected chi connectivity index (χ2v) is 9.62. The number of rotatable bonds is 4. The molecule has 7 nitrogen and oxygen atoms in total. The van der Waals surface area contributed by atoms with Crippen molar-refractivity contribution in [2.45, 2.75) is 37.8 Å². The van der Waals surface area contributed by atoms with Gasteiger partial charge in [0.05, 0.1) is 23.0 Å². The van der Waals surface area contributed by atoms with Crippen LogP contribution in [0.3, 0.4) is 0 Å². The molecule has 2 atom stereocenters. The van der Waals surface area contributed by atoms with Crippen LogP contribution in [0, 0.1) is 11.6 Å². The third-order valence-corrected chi connectivity index (χ3v) is 7.48. The van der Waals surface area contributed by atoms with Crippen molar-refractivity contribution in [3.63, 3.8) is 0 Å². The van der Waals surface area contributed by atoms with Gasteiger partial charge >= 0.3 is 0 Å². The summed E-state index contributed by atoms with van der Waals surface area (Å²) in [6.45, 7) is 1.59. The van der Waals surface area contributed by atoms with Crippen LogP contribution in [0.25, 0.3) is 16.8 Å². The standard InChI is InChI=1S/C25H23ClF2N6O/c26-16-3-4-17(29)21(23(16)28)13-10-14-2-5-19(34(14)20(35)11-13)24-31-12-18(32-24)15-6-7-30-25(22(15)27)33-8-1-9-33/h3-4,6-7,11-12,14,19H,1-2,5,8-10,29H2,(H,31,32). The molecule has 0 saturated carbocycles. The highest BCUT2D eigenvalue weighted by Crippen LogP contribution is 2.44. The SMILES string of the molecule is Nc1ccc(Cl)c(F)c1C1=CC(=O)N2C(CCC2c2ncc(-c3ccnc(N4CCC4)c3F)[nH]2)C1. The lowest BCUT2D eigenvalue weighted by atomic mass is 9.92. The van der Waals surface area contributed by atoms with Crippen LogP contribution >= 0.6 is 11.6 Å². The number of nitrogens with zero attached hydrogens (tertiary/aromatic N) is 4. The molecule has 1 aromatic carbocycles. The number of nitrogens with two attached hydrogens (primary N) is 1. The lowest BCUT2D eigenvalue weighted by molar-refractivity contribution is -0.129. The molecule has 0 aliphatic carbocycles. The molecule has 10 heteroatoms. The summed E-state index contributed by atoms with van der Waals surface area (Å²) in [4.78, 5) is 28.8. The van der Waals surface area contributed by atoms with Gasteiger partial charge < -0.3 is 20.5 Å². The quantitative estimate of drug-likeness (QED) is 0.510. The number of carbonyl (C=O) groups is 1. The third-order valence-electron chi connectivity index (χ3n) is 7.19. The van der Waals surface area contributed by atoms with Crippen molar-refractivity contribution >= 4 is 34.6 Å². The predicted octanol–water partition coefficient (Wildman–Crippen LogP) is 4.72. The van der Waals surface area contributed by atoms with E-state index in [-0.39, 0.29) is 40.1 Å². The summed E-state index contributed by atoms with van der Waals surface area (Å²) in [6.07, 6.45) is 7.54. The Labute approximate surface area is 205 Å². The minimum absolute atomic E-state index is 0.0296. The van der Waals surface area contributed by atoms with Crippen LogP contribution in [0.4, 0.5) is 20.3 Å². The van der Waals surface area contributed by atoms with Gasteiger partial charge in [-0.15, -0.1) is 0 Å². The normalized spacial score (nSPS) is 21.7. The number of aromatic amines is 1. The molecule has 1 amide bonds. The van der Waals surface area contributed by atoms with Crippen molar-refractivity contribution in [2.24, 2.45) is 0 Å². The molecule has 3 aliphatic rings. The smallest absolute Gasteiger partial charge is 0.247 e. The molecule has 3 aromatic rings. The number of hydrogen-bond acceptors (Lipinski definition) is 5. The van der Waals surface area contributed by atoms with Crippen LogP contribution in [0.2, 0.25) is 5.02 Å². The second kappa shape index (κ2) is 8.34. The maximum absolute atomic E-state index is 15.2. The average molecular weight is 497 g/mol. The number of hydrogen-bond donors (Lipinski definition) is 2. The summed E-state index contributed by atoms with van der Waals surface area (Å²) >= 11 is 5.96. The van der Waals surface area contributed by atoms with Gasteiger partial charge in [0, 0.05) is 48.2 Å². The first-order chi connectivity index (χ1) is 16.9. The Morgan fingerprint density at radius 2 is 1.94 bits per heavy atom. The maximum Gasteiger partial charge on any atom is 0.247 e. The van der Waals surface area contributed by atoms with Gasteiger partial charge in [0.1, 0.15) is 5.82 Å². The molecule has 2 saturated heterocycles. The number of aromatic nitrogens is 3. The monoisotopic (exact) mass is 496 g/mol. The zero-order valence-electron chi connectivity index (χ0n) is 18.8. The van der Waals surface area contributed by atoms with Gasteiger partial charge in [-0.1, -0.05) is 11.6 Å². The minimum atomic E-state index is -0.610. The topological polar surface area (TPSA) is 91.1 Å². The summed E-state index contributed by atoms with van der Waals surface area (Å²) in [5.41, 5.74) is 7.95. The van der Waals surface area contributed by atoms with E-state index in [2.05, 4.69) is 15.0 Å². The molecular weight excluding hydrogens is 474 g/mol. The number of anilines is 2. The number of nitrogens with one attached hydrogen (secondary N) is 1. The Hall–Kier alpha value is -3.46. The zero-order valence-corrected chi connectivity index (χ0v) is 19.5. The molecule has 35 heavy (non-hydrogen) atoms. The van der Waals surface area contributed by atoms with E-state index in [1.165, 1.54) is 12.1 Å². The number of H-pyrrole nitrogens is 1. The zero-order chi connectivity index (χ0) is 24.3. The van der Waals surface area contributed by atoms with Gasteiger partial charge in [0.15, 0.2) is 17.5 Å². The molecule has 2 fully saturated rings. The number of amides is 1. The largest absolute Gasteiger partial charge is 0.398 e. The predicted molar refractivity (Wildman–Crippen MR) is 130 cm³/mol. The van der Waals surface area contributed by atoms with E-state index < -0.39 is 5.82 Å². The number of carbonyl (C=O) groups excluding carboxylic acids is 1. The highest BCUT2D eigenvalue weighted by molar-refractivity contribution is 6.31. The molecular formula is C25H23ClF2N6O. The fourth-order valence-electron chi connectivity index (χ4n) is 5.32. The average Bonchev–Trinajstić information content (AvgIpc) is 3.44. The van der Waals surface area contributed by atoms with Crippen molar-refractivity contribution in [3.8, 4) is 11.3 Å². The summed E-state index contributed by atoms with van der Waals surface area (Å²) in [6, 6.07) is 4.19. The van der Waals surface area contributed by atoms with Crippen molar-refractivity contribution < 1.29 is 13.6 Å². The summed E-state index contributed by atoms with van der Waals surface area (Å²) in [5, 5.41) is -0.0296. The molecule has 0 spiro atoms. The van der Waals surface area contributed by atoms with Crippen LogP contribution < -0.4 is 10.6 Å². The Bertz CT molecular complexity index is 1370. The van der Waals surface area contributed by atoms with Gasteiger partial charge in [0.25, 0.3) is 0 Å². The first-order valence-corrected chi connectivity index (χ1v) is 12.0. The number of benzene rings is 1. The molecule has 6 rings (SSSR count). The Morgan fingerprint density at radius 3 is 2.71 bits per heavy atom. The highest BCUT2D eigenvalue weighted by Gasteiger charge is 2.42. The van der Waals surface area contributed by atoms with Gasteiger partial charge in [-0.2, -0.15) is 0 Å². The van der Waals surface area contributed by atoms with E-state index >= 15 is 4.39 Å². The lowest BCUT2D eigenvalue weighted by Gasteiger charge is -2.33. The van der Waals surface area contributed by atoms with E-state index in [1.54, 1.807) is 29.4 Å². The molecule has 5 heterocycles. The number of fused-ring (bicyclic) bond motifs is 1. The van der Waals surface area contributed by atoms with Crippen LogP contribution in [-0.4, -0.2) is 44.9 Å². The summed E-state index contributed by atoms with van der Waals surface area (Å²) in [5.74, 6) is -0.272. The van der Waals surface area contributed by atoms with Gasteiger partial charge in [0.2, 0.25) is 5.91 Å². The van der Waals surface area contributed by atoms with Crippen molar-refractivity contribution in [1.82, 2.24) is 19.9 Å². The number of pyridine rings is 1. The number of nitrogen functional groups attached to an aromatic ring is 1.